The highest BCUT2D eigenvalue weighted by Gasteiger charge is 2.30. The van der Waals surface area contributed by atoms with E-state index >= 15 is 0 Å². The van der Waals surface area contributed by atoms with Crippen molar-refractivity contribution < 1.29 is 23.8 Å². The molecule has 0 bridgehead atoms. The van der Waals surface area contributed by atoms with Gasteiger partial charge in [-0.15, -0.1) is 0 Å². The number of aldehydes is 1. The maximum Gasteiger partial charge on any atom is 0.314 e. The molecule has 2 aromatic heterocycles. The van der Waals surface area contributed by atoms with Crippen LogP contribution in [0.15, 0.2) is 23.0 Å². The van der Waals surface area contributed by atoms with Gasteiger partial charge >= 0.3 is 6.03 Å². The van der Waals surface area contributed by atoms with Gasteiger partial charge < -0.3 is 35.6 Å². The molecule has 11 heteroatoms. The van der Waals surface area contributed by atoms with Crippen LogP contribution >= 0.6 is 0 Å². The van der Waals surface area contributed by atoms with Gasteiger partial charge in [0.1, 0.15) is 11.9 Å². The Kier molecular flexibility index (Phi) is 7.82. The fraction of sp³-hybridized carbons (Fsp3) is 0.333. The molecule has 0 saturated heterocycles. The highest BCUT2D eigenvalue weighted by atomic mass is 19.1. The molecule has 1 unspecified atom stereocenters. The number of nitrogens with two attached hydrogens (primary N) is 1. The average Bonchev–Trinajstić information content (AvgIpc) is 3.23. The Morgan fingerprint density at radius 1 is 1.34 bits per heavy atom. The third-order valence-electron chi connectivity index (χ3n) is 5.71. The number of pyridine rings is 2. The molecule has 4 rings (SSSR count). The lowest BCUT2D eigenvalue weighted by Crippen LogP contribution is -2.32. The molecule has 0 spiro atoms. The van der Waals surface area contributed by atoms with Crippen molar-refractivity contribution in [2.45, 2.75) is 39.6 Å². The zero-order valence-corrected chi connectivity index (χ0v) is 19.9. The number of amides is 2. The van der Waals surface area contributed by atoms with Gasteiger partial charge in [0.25, 0.3) is 5.56 Å². The lowest BCUT2D eigenvalue weighted by atomic mass is 9.99. The molecule has 0 radical (unpaired) electrons. The summed E-state index contributed by atoms with van der Waals surface area (Å²) in [6.45, 7) is 4.10. The number of ether oxygens (including phenoxy) is 1. The molecule has 0 saturated carbocycles. The van der Waals surface area contributed by atoms with Crippen LogP contribution < -0.4 is 21.9 Å². The SMILES string of the molecule is CC.CNC(=O)NCc1c2c(nc3cc(F)c(N)cc13)-c1cc(C(O)C=O)c(COC)c(=O)n1C2. The Bertz CT molecular complexity index is 1350. The number of halogens is 1. The lowest BCUT2D eigenvalue weighted by molar-refractivity contribution is -0.115. The van der Waals surface area contributed by atoms with E-state index in [0.29, 0.717) is 34.2 Å². The van der Waals surface area contributed by atoms with Gasteiger partial charge in [-0.2, -0.15) is 0 Å². The summed E-state index contributed by atoms with van der Waals surface area (Å²) in [5.41, 5.74) is 7.84. The minimum Gasteiger partial charge on any atom is -0.396 e. The van der Waals surface area contributed by atoms with Crippen LogP contribution in [0.2, 0.25) is 0 Å². The van der Waals surface area contributed by atoms with Crippen LogP contribution in [-0.4, -0.2) is 41.1 Å². The van der Waals surface area contributed by atoms with Crippen molar-refractivity contribution in [3.8, 4) is 11.4 Å². The van der Waals surface area contributed by atoms with Crippen LogP contribution in [0.3, 0.4) is 0 Å². The summed E-state index contributed by atoms with van der Waals surface area (Å²) in [6, 6.07) is 3.73. The van der Waals surface area contributed by atoms with Crippen LogP contribution in [-0.2, 0) is 29.2 Å². The first kappa shape index (κ1) is 25.8. The first-order valence-corrected chi connectivity index (χ1v) is 11.1. The predicted molar refractivity (Wildman–Crippen MR) is 129 cm³/mol. The van der Waals surface area contributed by atoms with Crippen molar-refractivity contribution in [1.29, 1.82) is 0 Å². The van der Waals surface area contributed by atoms with E-state index in [9.17, 15) is 23.9 Å². The number of fused-ring (bicyclic) bond motifs is 4. The smallest absolute Gasteiger partial charge is 0.314 e. The van der Waals surface area contributed by atoms with Crippen LogP contribution in [0.1, 0.15) is 42.2 Å². The van der Waals surface area contributed by atoms with Crippen molar-refractivity contribution >= 4 is 28.9 Å². The zero-order chi connectivity index (χ0) is 25.9. The standard InChI is InChI=1S/C22H22FN5O5.C2H6/c1-25-22(32)26-6-12-10-3-16(24)15(23)5-17(10)27-20-13(12)7-28-18(20)4-11(19(30)8-29)14(9-33-2)21(28)31;1-2/h3-5,8,19,30H,6-7,9,24H2,1-2H3,(H2,25,26,32);1-2H3. The molecule has 3 aromatic rings. The number of nitrogens with zero attached hydrogens (tertiary/aromatic N) is 2. The maximum atomic E-state index is 14.2. The third-order valence-corrected chi connectivity index (χ3v) is 5.71. The Balaban J connectivity index is 0.00000167. The number of aromatic nitrogens is 2. The van der Waals surface area contributed by atoms with E-state index in [4.69, 9.17) is 10.5 Å². The Morgan fingerprint density at radius 3 is 2.69 bits per heavy atom. The van der Waals surface area contributed by atoms with E-state index in [0.717, 1.165) is 0 Å². The fourth-order valence-corrected chi connectivity index (χ4v) is 4.09. The van der Waals surface area contributed by atoms with Crippen LogP contribution in [0.4, 0.5) is 14.9 Å². The zero-order valence-electron chi connectivity index (χ0n) is 19.9. The maximum absolute atomic E-state index is 14.2. The van der Waals surface area contributed by atoms with Gasteiger partial charge in [-0.25, -0.2) is 14.2 Å². The highest BCUT2D eigenvalue weighted by Crippen LogP contribution is 2.37. The summed E-state index contributed by atoms with van der Waals surface area (Å²) >= 11 is 0. The molecule has 186 valence electrons. The number of hydrogen-bond donors (Lipinski definition) is 4. The van der Waals surface area contributed by atoms with E-state index in [-0.39, 0.29) is 42.0 Å². The largest absolute Gasteiger partial charge is 0.396 e. The summed E-state index contributed by atoms with van der Waals surface area (Å²) in [5, 5.41) is 15.9. The second-order valence-electron chi connectivity index (χ2n) is 7.61. The number of urea groups is 1. The first-order chi connectivity index (χ1) is 16.8. The average molecular weight is 486 g/mol. The Morgan fingerprint density at radius 2 is 2.06 bits per heavy atom. The van der Waals surface area contributed by atoms with Crippen LogP contribution in [0.5, 0.6) is 0 Å². The van der Waals surface area contributed by atoms with E-state index < -0.39 is 23.5 Å². The molecule has 0 fully saturated rings. The number of rotatable bonds is 6. The normalized spacial score (nSPS) is 12.3. The molecular weight excluding hydrogens is 457 g/mol. The summed E-state index contributed by atoms with van der Waals surface area (Å²) in [4.78, 5) is 40.9. The third kappa shape index (κ3) is 4.60. The number of methoxy groups -OCH3 is 1. The van der Waals surface area contributed by atoms with Crippen LogP contribution in [0.25, 0.3) is 22.3 Å². The monoisotopic (exact) mass is 485 g/mol. The van der Waals surface area contributed by atoms with Gasteiger partial charge in [0.05, 0.1) is 35.7 Å². The van der Waals surface area contributed by atoms with Gasteiger partial charge in [-0.05, 0) is 17.7 Å². The van der Waals surface area contributed by atoms with Crippen LogP contribution in [0, 0.1) is 5.82 Å². The summed E-state index contributed by atoms with van der Waals surface area (Å²) in [7, 11) is 2.88. The number of carbonyl (C=O) groups is 2. The van der Waals surface area contributed by atoms with E-state index in [1.54, 1.807) is 0 Å². The minimum atomic E-state index is -1.52. The van der Waals surface area contributed by atoms with E-state index in [1.165, 1.54) is 36.9 Å². The number of aliphatic hydroxyl groups is 1. The van der Waals surface area contributed by atoms with Crippen molar-refractivity contribution in [2.24, 2.45) is 0 Å². The molecule has 0 aliphatic carbocycles. The Labute approximate surface area is 200 Å². The van der Waals surface area contributed by atoms with Crippen molar-refractivity contribution in [3.05, 3.63) is 56.6 Å². The summed E-state index contributed by atoms with van der Waals surface area (Å²) in [5.74, 6) is -0.650. The van der Waals surface area contributed by atoms with Gasteiger partial charge in [-0.3, -0.25) is 4.79 Å². The molecule has 5 N–H and O–H groups in total. The first-order valence-electron chi connectivity index (χ1n) is 11.1. The molecule has 2 amide bonds. The molecule has 1 aromatic carbocycles. The number of hydrogen-bond acceptors (Lipinski definition) is 7. The summed E-state index contributed by atoms with van der Waals surface area (Å²) in [6.07, 6.45) is -1.20. The van der Waals surface area contributed by atoms with Crippen molar-refractivity contribution in [3.63, 3.8) is 0 Å². The van der Waals surface area contributed by atoms with Crippen molar-refractivity contribution in [2.75, 3.05) is 19.9 Å². The molecule has 3 heterocycles. The van der Waals surface area contributed by atoms with Gasteiger partial charge in [0.15, 0.2) is 6.29 Å². The summed E-state index contributed by atoms with van der Waals surface area (Å²) < 4.78 is 20.8. The minimum absolute atomic E-state index is 0.0723. The van der Waals surface area contributed by atoms with E-state index in [2.05, 4.69) is 15.6 Å². The van der Waals surface area contributed by atoms with E-state index in [1.807, 2.05) is 13.8 Å². The highest BCUT2D eigenvalue weighted by molar-refractivity contribution is 5.90. The molecule has 10 nitrogen and oxygen atoms in total. The topological polar surface area (TPSA) is 149 Å². The second-order valence-corrected chi connectivity index (χ2v) is 7.61. The number of carbonyl (C=O) groups excluding carboxylic acids is 2. The fourth-order valence-electron chi connectivity index (χ4n) is 4.09. The number of anilines is 1. The predicted octanol–water partition coefficient (Wildman–Crippen LogP) is 1.98. The van der Waals surface area contributed by atoms with Gasteiger partial charge in [0, 0.05) is 48.8 Å². The molecule has 1 atom stereocenters. The lowest BCUT2D eigenvalue weighted by Gasteiger charge is -2.14. The molecule has 35 heavy (non-hydrogen) atoms. The molecule has 1 aliphatic heterocycles. The molecule has 1 aliphatic rings. The molecular formula is C24H28FN5O5. The number of nitrogens with one attached hydrogen (secondary N) is 2. The Hall–Kier alpha value is -3.83. The number of nitrogen functional groups attached to an aromatic ring is 1. The van der Waals surface area contributed by atoms with Gasteiger partial charge in [0.2, 0.25) is 0 Å². The number of benzene rings is 1. The number of aliphatic hydroxyl groups excluding tert-OH is 1. The second kappa shape index (κ2) is 10.6. The quantitative estimate of drug-likeness (QED) is 0.241. The van der Waals surface area contributed by atoms with Gasteiger partial charge in [-0.1, -0.05) is 13.8 Å². The van der Waals surface area contributed by atoms with Crippen molar-refractivity contribution in [1.82, 2.24) is 20.2 Å².